The van der Waals surface area contributed by atoms with Crippen LogP contribution in [0.2, 0.25) is 0 Å². The molecular weight excluding hydrogens is 352 g/mol. The summed E-state index contributed by atoms with van der Waals surface area (Å²) in [6.45, 7) is 1.67. The van der Waals surface area contributed by atoms with Crippen LogP contribution in [0.4, 0.5) is 0 Å². The largest absolute Gasteiger partial charge is 0.459 e. The molecule has 28 heavy (non-hydrogen) atoms. The zero-order valence-electron chi connectivity index (χ0n) is 18.1. The monoisotopic (exact) mass is 396 g/mol. The maximum absolute atomic E-state index is 12.1. The summed E-state index contributed by atoms with van der Waals surface area (Å²) in [6, 6.07) is 0. The van der Waals surface area contributed by atoms with E-state index in [9.17, 15) is 15.0 Å². The molecule has 4 nitrogen and oxygen atoms in total. The Balaban J connectivity index is 2.48. The molecule has 0 aromatic rings. The van der Waals surface area contributed by atoms with Gasteiger partial charge in [0.05, 0.1) is 12.2 Å². The Morgan fingerprint density at radius 1 is 0.893 bits per heavy atom. The van der Waals surface area contributed by atoms with E-state index in [0.717, 1.165) is 32.1 Å². The average molecular weight is 397 g/mol. The van der Waals surface area contributed by atoms with Crippen LogP contribution in [0.5, 0.6) is 0 Å². The molecule has 0 saturated carbocycles. The Kier molecular flexibility index (Phi) is 15.3. The quantitative estimate of drug-likeness (QED) is 0.586. The molecular formula is C24H44O4. The second kappa shape index (κ2) is 17.0. The van der Waals surface area contributed by atoms with Crippen LogP contribution in [-0.4, -0.2) is 34.5 Å². The number of aliphatic hydroxyl groups is 2. The van der Waals surface area contributed by atoms with Crippen molar-refractivity contribution in [1.82, 2.24) is 0 Å². The lowest BCUT2D eigenvalue weighted by atomic mass is 10.00. The SMILES string of the molecule is C[C@@H](O)C[C@@H](O)C[C@@H]1CCCCCCCCCCCCCCC/C=C\C(=O)O1. The summed E-state index contributed by atoms with van der Waals surface area (Å²) in [5.74, 6) is -0.302. The molecule has 0 bridgehead atoms. The standard InChI is InChI=1S/C24H44O4/c1-21(25)19-22(26)20-23-17-15-13-11-9-7-5-3-2-4-6-8-10-12-14-16-18-24(27)28-23/h16,18,21-23,25-26H,2-15,17,19-20H2,1H3/b18-16-/t21-,22-,23+/m1/s1. The van der Waals surface area contributed by atoms with E-state index in [1.165, 1.54) is 64.2 Å². The normalized spacial score (nSPS) is 26.0. The first-order valence-corrected chi connectivity index (χ1v) is 11.8. The van der Waals surface area contributed by atoms with Crippen LogP contribution in [0.25, 0.3) is 0 Å². The Labute approximate surface area is 172 Å². The zero-order valence-corrected chi connectivity index (χ0v) is 18.1. The van der Waals surface area contributed by atoms with Gasteiger partial charge in [0.25, 0.3) is 0 Å². The first-order valence-electron chi connectivity index (χ1n) is 11.8. The van der Waals surface area contributed by atoms with E-state index in [1.807, 2.05) is 6.08 Å². The maximum atomic E-state index is 12.1. The average Bonchev–Trinajstić information content (AvgIpc) is 2.62. The van der Waals surface area contributed by atoms with Gasteiger partial charge in [-0.05, 0) is 39.0 Å². The van der Waals surface area contributed by atoms with E-state index < -0.39 is 12.2 Å². The van der Waals surface area contributed by atoms with Crippen molar-refractivity contribution in [2.24, 2.45) is 0 Å². The van der Waals surface area contributed by atoms with Gasteiger partial charge in [0.1, 0.15) is 6.10 Å². The molecule has 2 N–H and O–H groups in total. The first-order chi connectivity index (χ1) is 13.6. The highest BCUT2D eigenvalue weighted by Gasteiger charge is 2.19. The van der Waals surface area contributed by atoms with Gasteiger partial charge in [0, 0.05) is 12.5 Å². The van der Waals surface area contributed by atoms with Crippen molar-refractivity contribution in [2.75, 3.05) is 0 Å². The lowest BCUT2D eigenvalue weighted by Gasteiger charge is -2.21. The van der Waals surface area contributed by atoms with Crippen molar-refractivity contribution in [2.45, 2.75) is 134 Å². The third-order valence-corrected chi connectivity index (χ3v) is 5.58. The Hall–Kier alpha value is -0.870. The molecule has 1 rings (SSSR count). The van der Waals surface area contributed by atoms with Crippen molar-refractivity contribution < 1.29 is 19.7 Å². The van der Waals surface area contributed by atoms with Gasteiger partial charge in [0.15, 0.2) is 0 Å². The Morgan fingerprint density at radius 2 is 1.39 bits per heavy atom. The predicted octanol–water partition coefficient (Wildman–Crippen LogP) is 5.84. The van der Waals surface area contributed by atoms with Crippen LogP contribution < -0.4 is 0 Å². The van der Waals surface area contributed by atoms with Crippen molar-refractivity contribution in [3.8, 4) is 0 Å². The number of aliphatic hydroxyl groups excluding tert-OH is 2. The van der Waals surface area contributed by atoms with Crippen molar-refractivity contribution in [1.29, 1.82) is 0 Å². The number of allylic oxidation sites excluding steroid dienone is 1. The third-order valence-electron chi connectivity index (χ3n) is 5.58. The molecule has 0 unspecified atom stereocenters. The molecule has 0 fully saturated rings. The van der Waals surface area contributed by atoms with Gasteiger partial charge in [0.2, 0.25) is 0 Å². The minimum absolute atomic E-state index is 0.267. The zero-order chi connectivity index (χ0) is 20.5. The summed E-state index contributed by atoms with van der Waals surface area (Å²) in [6.07, 6.45) is 20.9. The van der Waals surface area contributed by atoms with Gasteiger partial charge in [-0.3, -0.25) is 0 Å². The first kappa shape index (κ1) is 25.2. The van der Waals surface area contributed by atoms with E-state index in [0.29, 0.717) is 12.8 Å². The summed E-state index contributed by atoms with van der Waals surface area (Å²) in [4.78, 5) is 12.1. The molecule has 0 spiro atoms. The van der Waals surface area contributed by atoms with Crippen molar-refractivity contribution in [3.05, 3.63) is 12.2 Å². The molecule has 0 aliphatic carbocycles. The fraction of sp³-hybridized carbons (Fsp3) is 0.875. The second-order valence-electron chi connectivity index (χ2n) is 8.61. The molecule has 1 aliphatic rings. The molecule has 0 aromatic heterocycles. The van der Waals surface area contributed by atoms with E-state index >= 15 is 0 Å². The van der Waals surface area contributed by atoms with Gasteiger partial charge in [-0.25, -0.2) is 4.79 Å². The molecule has 1 aliphatic heterocycles. The van der Waals surface area contributed by atoms with Crippen LogP contribution in [-0.2, 0) is 9.53 Å². The number of hydrogen-bond acceptors (Lipinski definition) is 4. The van der Waals surface area contributed by atoms with Crippen LogP contribution in [0, 0.1) is 0 Å². The van der Waals surface area contributed by atoms with Crippen LogP contribution >= 0.6 is 0 Å². The van der Waals surface area contributed by atoms with Crippen molar-refractivity contribution >= 4 is 5.97 Å². The van der Waals surface area contributed by atoms with E-state index in [2.05, 4.69) is 0 Å². The Bertz CT molecular complexity index is 405. The predicted molar refractivity (Wildman–Crippen MR) is 115 cm³/mol. The van der Waals surface area contributed by atoms with Gasteiger partial charge in [-0.1, -0.05) is 76.7 Å². The highest BCUT2D eigenvalue weighted by molar-refractivity contribution is 5.82. The molecule has 0 radical (unpaired) electrons. The van der Waals surface area contributed by atoms with Crippen LogP contribution in [0.3, 0.4) is 0 Å². The molecule has 0 aromatic carbocycles. The second-order valence-corrected chi connectivity index (χ2v) is 8.61. The summed E-state index contributed by atoms with van der Waals surface area (Å²) in [5, 5.41) is 19.6. The highest BCUT2D eigenvalue weighted by atomic mass is 16.5. The number of hydrogen-bond donors (Lipinski definition) is 2. The minimum atomic E-state index is -0.632. The fourth-order valence-electron chi connectivity index (χ4n) is 3.98. The maximum Gasteiger partial charge on any atom is 0.330 e. The van der Waals surface area contributed by atoms with Gasteiger partial charge in [-0.2, -0.15) is 0 Å². The number of cyclic esters (lactones) is 1. The smallest absolute Gasteiger partial charge is 0.330 e. The number of carbonyl (C=O) groups is 1. The van der Waals surface area contributed by atoms with Gasteiger partial charge < -0.3 is 14.9 Å². The molecule has 4 heteroatoms. The lowest BCUT2D eigenvalue weighted by Crippen LogP contribution is -2.25. The van der Waals surface area contributed by atoms with E-state index in [4.69, 9.17) is 4.74 Å². The highest BCUT2D eigenvalue weighted by Crippen LogP contribution is 2.18. The summed E-state index contributed by atoms with van der Waals surface area (Å²) >= 11 is 0. The topological polar surface area (TPSA) is 66.8 Å². The van der Waals surface area contributed by atoms with Crippen LogP contribution in [0.1, 0.15) is 116 Å². The van der Waals surface area contributed by atoms with Crippen molar-refractivity contribution in [3.63, 3.8) is 0 Å². The summed E-state index contributed by atoms with van der Waals surface area (Å²) < 4.78 is 5.62. The molecule has 0 amide bonds. The van der Waals surface area contributed by atoms with E-state index in [1.54, 1.807) is 13.0 Å². The number of ether oxygens (including phenoxy) is 1. The number of carbonyl (C=O) groups excluding carboxylic acids is 1. The minimum Gasteiger partial charge on any atom is -0.459 e. The van der Waals surface area contributed by atoms with E-state index in [-0.39, 0.29) is 12.1 Å². The molecule has 0 saturated heterocycles. The number of esters is 1. The fourth-order valence-corrected chi connectivity index (χ4v) is 3.98. The summed E-state index contributed by atoms with van der Waals surface area (Å²) in [5.41, 5.74) is 0. The summed E-state index contributed by atoms with van der Waals surface area (Å²) in [7, 11) is 0. The molecule has 3 atom stereocenters. The third kappa shape index (κ3) is 15.1. The molecule has 164 valence electrons. The van der Waals surface area contributed by atoms with Gasteiger partial charge >= 0.3 is 5.97 Å². The molecule has 1 heterocycles. The van der Waals surface area contributed by atoms with Gasteiger partial charge in [-0.15, -0.1) is 0 Å². The van der Waals surface area contributed by atoms with Crippen LogP contribution in [0.15, 0.2) is 12.2 Å². The number of rotatable bonds is 4. The lowest BCUT2D eigenvalue weighted by molar-refractivity contribution is -0.145. The Morgan fingerprint density at radius 3 is 1.93 bits per heavy atom.